The Kier molecular flexibility index (Phi) is 6.93. The fourth-order valence-corrected chi connectivity index (χ4v) is 6.17. The molecule has 3 heterocycles. The van der Waals surface area contributed by atoms with E-state index in [0.717, 1.165) is 10.2 Å². The minimum absolute atomic E-state index is 0.0422. The van der Waals surface area contributed by atoms with Crippen LogP contribution in [0.5, 0.6) is 0 Å². The van der Waals surface area contributed by atoms with Crippen LogP contribution in [0.25, 0.3) is 22.2 Å². The maximum absolute atomic E-state index is 14.1. The molecule has 2 aromatic carbocycles. The van der Waals surface area contributed by atoms with Gasteiger partial charge in [-0.3, -0.25) is 0 Å². The number of hydrogen-bond acceptors (Lipinski definition) is 7. The predicted molar refractivity (Wildman–Crippen MR) is 140 cm³/mol. The summed E-state index contributed by atoms with van der Waals surface area (Å²) < 4.78 is 70.3. The number of nitrogens with one attached hydrogen (secondary N) is 1. The van der Waals surface area contributed by atoms with E-state index in [2.05, 4.69) is 27.9 Å². The van der Waals surface area contributed by atoms with E-state index < -0.39 is 39.6 Å². The number of hydrogen-bond donors (Lipinski definition) is 3. The van der Waals surface area contributed by atoms with Gasteiger partial charge < -0.3 is 15.3 Å². The zero-order valence-corrected chi connectivity index (χ0v) is 21.8. The Morgan fingerprint density at radius 3 is 2.59 bits per heavy atom. The van der Waals surface area contributed by atoms with Crippen LogP contribution >= 0.6 is 12.6 Å². The van der Waals surface area contributed by atoms with Crippen molar-refractivity contribution in [2.45, 2.75) is 34.9 Å². The Morgan fingerprint density at radius 2 is 1.90 bits per heavy atom. The highest BCUT2D eigenvalue weighted by Crippen LogP contribution is 2.40. The molecule has 2 aromatic heterocycles. The van der Waals surface area contributed by atoms with Crippen molar-refractivity contribution in [1.29, 1.82) is 0 Å². The smallest absolute Gasteiger partial charge is 0.419 e. The normalized spacial score (nSPS) is 16.4. The fourth-order valence-electron chi connectivity index (χ4n) is 4.60. The van der Waals surface area contributed by atoms with E-state index in [1.54, 1.807) is 24.3 Å². The Morgan fingerprint density at radius 1 is 1.15 bits per heavy atom. The molecule has 1 aliphatic heterocycles. The van der Waals surface area contributed by atoms with E-state index in [1.807, 2.05) is 0 Å². The van der Waals surface area contributed by atoms with E-state index in [1.165, 1.54) is 29.2 Å². The van der Waals surface area contributed by atoms with E-state index in [-0.39, 0.29) is 33.9 Å². The Hall–Kier alpha value is -3.78. The lowest BCUT2D eigenvalue weighted by Crippen LogP contribution is -2.44. The highest BCUT2D eigenvalue weighted by molar-refractivity contribution is 7.90. The number of rotatable bonds is 5. The summed E-state index contributed by atoms with van der Waals surface area (Å²) in [5.74, 6) is -0.132. The predicted octanol–water partition coefficient (Wildman–Crippen LogP) is 5.20. The van der Waals surface area contributed by atoms with Gasteiger partial charge in [0.2, 0.25) is 5.95 Å². The van der Waals surface area contributed by atoms with Crippen molar-refractivity contribution in [3.8, 4) is 11.3 Å². The molecule has 0 saturated carbocycles. The molecule has 1 saturated heterocycles. The van der Waals surface area contributed by atoms with Gasteiger partial charge in [0.05, 0.1) is 16.1 Å². The number of thiol groups is 1. The third-order valence-electron chi connectivity index (χ3n) is 6.43. The van der Waals surface area contributed by atoms with E-state index >= 15 is 0 Å². The molecular formula is C25H22F3N5O4S2. The van der Waals surface area contributed by atoms with E-state index in [4.69, 9.17) is 0 Å². The zero-order chi connectivity index (χ0) is 27.9. The van der Waals surface area contributed by atoms with Crippen molar-refractivity contribution in [2.75, 3.05) is 18.4 Å². The largest absolute Gasteiger partial charge is 0.465 e. The second-order valence-electron chi connectivity index (χ2n) is 9.02. The third kappa shape index (κ3) is 5.26. The van der Waals surface area contributed by atoms with Crippen molar-refractivity contribution in [1.82, 2.24) is 18.8 Å². The molecule has 1 fully saturated rings. The number of alkyl halides is 3. The standard InChI is InChI=1S/C25H22F3N5O4S2/c26-25(27,28)20-12-29-23(30-15-5-4-10-32(13-15)24(34)35)31-22(20)19-14-33(21-11-16(38)8-9-18(19)21)39(36,37)17-6-2-1-3-7-17/h1-3,6-9,11-12,14-15,38H,4-5,10,13H2,(H,34,35)(H,29,30,31)/t15-/m0/s1. The van der Waals surface area contributed by atoms with Crippen LogP contribution in [0, 0.1) is 0 Å². The van der Waals surface area contributed by atoms with Gasteiger partial charge in [0, 0.05) is 47.4 Å². The van der Waals surface area contributed by atoms with Gasteiger partial charge in [0.1, 0.15) is 5.56 Å². The zero-order valence-electron chi connectivity index (χ0n) is 20.1. The number of benzene rings is 2. The molecule has 0 aliphatic carbocycles. The van der Waals surface area contributed by atoms with Gasteiger partial charge in [-0.2, -0.15) is 13.2 Å². The highest BCUT2D eigenvalue weighted by atomic mass is 32.2. The monoisotopic (exact) mass is 577 g/mol. The summed E-state index contributed by atoms with van der Waals surface area (Å²) in [5.41, 5.74) is -1.59. The molecule has 1 aliphatic rings. The molecule has 39 heavy (non-hydrogen) atoms. The summed E-state index contributed by atoms with van der Waals surface area (Å²) in [5, 5.41) is 12.5. The van der Waals surface area contributed by atoms with Gasteiger partial charge in [-0.15, -0.1) is 12.6 Å². The molecular weight excluding hydrogens is 555 g/mol. The van der Waals surface area contributed by atoms with E-state index in [0.29, 0.717) is 30.5 Å². The highest BCUT2D eigenvalue weighted by Gasteiger charge is 2.37. The molecule has 1 amide bonds. The Balaban J connectivity index is 1.66. The van der Waals surface area contributed by atoms with Crippen molar-refractivity contribution in [3.63, 3.8) is 0 Å². The van der Waals surface area contributed by atoms with Crippen molar-refractivity contribution in [3.05, 3.63) is 66.5 Å². The lowest BCUT2D eigenvalue weighted by atomic mass is 10.1. The molecule has 14 heteroatoms. The van der Waals surface area contributed by atoms with Crippen molar-refractivity contribution >= 4 is 45.6 Å². The number of amides is 1. The van der Waals surface area contributed by atoms with Crippen LogP contribution in [-0.4, -0.2) is 57.6 Å². The molecule has 0 bridgehead atoms. The van der Waals surface area contributed by atoms with Crippen LogP contribution < -0.4 is 5.32 Å². The summed E-state index contributed by atoms with van der Waals surface area (Å²) in [6.07, 6.45) is -3.03. The van der Waals surface area contributed by atoms with Gasteiger partial charge in [-0.05, 0) is 37.1 Å². The van der Waals surface area contributed by atoms with Gasteiger partial charge in [0.15, 0.2) is 0 Å². The molecule has 0 unspecified atom stereocenters. The first-order valence-electron chi connectivity index (χ1n) is 11.8. The number of aromatic nitrogens is 3. The molecule has 1 atom stereocenters. The molecule has 2 N–H and O–H groups in total. The number of piperidine rings is 1. The second-order valence-corrected chi connectivity index (χ2v) is 11.4. The first-order valence-corrected chi connectivity index (χ1v) is 13.7. The molecule has 5 rings (SSSR count). The molecule has 0 spiro atoms. The molecule has 4 aromatic rings. The molecule has 0 radical (unpaired) electrons. The minimum atomic E-state index is -4.84. The summed E-state index contributed by atoms with van der Waals surface area (Å²) >= 11 is 4.30. The lowest BCUT2D eigenvalue weighted by molar-refractivity contribution is -0.137. The Labute approximate surface area is 226 Å². The third-order valence-corrected chi connectivity index (χ3v) is 8.40. The maximum Gasteiger partial charge on any atom is 0.419 e. The second kappa shape index (κ2) is 10.1. The summed E-state index contributed by atoms with van der Waals surface area (Å²) in [6.45, 7) is 0.476. The van der Waals surface area contributed by atoms with Crippen LogP contribution in [0.4, 0.5) is 23.9 Å². The number of carboxylic acid groups (broad SMARTS) is 1. The van der Waals surface area contributed by atoms with Crippen LogP contribution in [-0.2, 0) is 16.2 Å². The number of halogens is 3. The van der Waals surface area contributed by atoms with Gasteiger partial charge in [-0.1, -0.05) is 24.3 Å². The molecule has 204 valence electrons. The van der Waals surface area contributed by atoms with Crippen molar-refractivity contribution in [2.24, 2.45) is 0 Å². The van der Waals surface area contributed by atoms with Crippen LogP contribution in [0.3, 0.4) is 0 Å². The minimum Gasteiger partial charge on any atom is -0.465 e. The number of anilines is 1. The summed E-state index contributed by atoms with van der Waals surface area (Å²) in [6, 6.07) is 11.6. The SMILES string of the molecule is O=C(O)N1CCC[C@H](Nc2ncc(C(F)(F)F)c(-c3cn(S(=O)(=O)c4ccccc4)c4cc(S)ccc34)n2)C1. The van der Waals surface area contributed by atoms with Crippen LogP contribution in [0.1, 0.15) is 18.4 Å². The number of fused-ring (bicyclic) bond motifs is 1. The van der Waals surface area contributed by atoms with Gasteiger partial charge >= 0.3 is 12.3 Å². The topological polar surface area (TPSA) is 117 Å². The average molecular weight is 578 g/mol. The first-order chi connectivity index (χ1) is 18.4. The number of likely N-dealkylation sites (tertiary alicyclic amines) is 1. The first kappa shape index (κ1) is 26.8. The van der Waals surface area contributed by atoms with Gasteiger partial charge in [0.25, 0.3) is 10.0 Å². The van der Waals surface area contributed by atoms with Crippen LogP contribution in [0.2, 0.25) is 0 Å². The number of carbonyl (C=O) groups is 1. The van der Waals surface area contributed by atoms with Gasteiger partial charge in [-0.25, -0.2) is 27.2 Å². The lowest BCUT2D eigenvalue weighted by Gasteiger charge is -2.31. The maximum atomic E-state index is 14.1. The molecule has 9 nitrogen and oxygen atoms in total. The number of nitrogens with zero attached hydrogens (tertiary/aromatic N) is 4. The quantitative estimate of drug-likeness (QED) is 0.279. The summed E-state index contributed by atoms with van der Waals surface area (Å²) in [4.78, 5) is 21.0. The van der Waals surface area contributed by atoms with E-state index in [9.17, 15) is 31.5 Å². The van der Waals surface area contributed by atoms with Crippen molar-refractivity contribution < 1.29 is 31.5 Å². The Bertz CT molecular complexity index is 1660. The summed E-state index contributed by atoms with van der Waals surface area (Å²) in [7, 11) is -4.18. The average Bonchev–Trinajstić information content (AvgIpc) is 3.28. The van der Waals surface area contributed by atoms with Crippen LogP contribution in [0.15, 0.2) is 70.7 Å². The fraction of sp³-hybridized carbons (Fsp3) is 0.240.